The highest BCUT2D eigenvalue weighted by atomic mass is 16.5. The van der Waals surface area contributed by atoms with Gasteiger partial charge in [-0.25, -0.2) is 0 Å². The Morgan fingerprint density at radius 2 is 1.10 bits per heavy atom. The van der Waals surface area contributed by atoms with Gasteiger partial charge in [-0.05, 0) is 66.7 Å². The van der Waals surface area contributed by atoms with E-state index in [9.17, 15) is 0 Å². The number of ether oxygens (including phenoxy) is 1. The molecule has 6 aromatic carbocycles. The largest absolute Gasteiger partial charge is 0.456 e. The Morgan fingerprint density at radius 3 is 1.90 bits per heavy atom. The Hall–Kier alpha value is -5.48. The second-order valence-electron chi connectivity index (χ2n) is 9.84. The lowest BCUT2D eigenvalue weighted by atomic mass is 10.1. The van der Waals surface area contributed by atoms with Crippen LogP contribution in [0.5, 0.6) is 11.5 Å². The topological polar surface area (TPSA) is 28.9 Å². The second kappa shape index (κ2) is 9.07. The molecule has 0 spiro atoms. The van der Waals surface area contributed by atoms with Gasteiger partial charge in [0.15, 0.2) is 11.5 Å². The van der Waals surface area contributed by atoms with E-state index in [1.807, 2.05) is 48.5 Å². The highest BCUT2D eigenvalue weighted by Gasteiger charge is 2.27. The van der Waals surface area contributed by atoms with Crippen molar-refractivity contribution in [2.75, 3.05) is 9.80 Å². The van der Waals surface area contributed by atoms with E-state index in [0.717, 1.165) is 67.6 Å². The molecule has 1 aliphatic rings. The van der Waals surface area contributed by atoms with Gasteiger partial charge in [0.2, 0.25) is 0 Å². The van der Waals surface area contributed by atoms with Crippen LogP contribution in [-0.2, 0) is 0 Å². The molecule has 4 nitrogen and oxygen atoms in total. The summed E-state index contributed by atoms with van der Waals surface area (Å²) in [6.07, 6.45) is 0. The Balaban J connectivity index is 1.29. The number of rotatable bonds is 4. The third-order valence-electron chi connectivity index (χ3n) is 7.42. The zero-order valence-corrected chi connectivity index (χ0v) is 21.6. The highest BCUT2D eigenvalue weighted by molar-refractivity contribution is 6.06. The summed E-state index contributed by atoms with van der Waals surface area (Å²) in [5.41, 5.74) is 7.90. The van der Waals surface area contributed by atoms with E-state index in [1.54, 1.807) is 0 Å². The molecule has 8 rings (SSSR count). The quantitative estimate of drug-likeness (QED) is 0.233. The predicted octanol–water partition coefficient (Wildman–Crippen LogP) is 10.6. The molecule has 0 unspecified atom stereocenters. The Morgan fingerprint density at radius 1 is 0.450 bits per heavy atom. The Labute approximate surface area is 231 Å². The van der Waals surface area contributed by atoms with Crippen molar-refractivity contribution < 1.29 is 9.15 Å². The molecule has 0 N–H and O–H groups in total. The van der Waals surface area contributed by atoms with E-state index in [0.29, 0.717) is 0 Å². The molecule has 0 atom stereocenters. The average Bonchev–Trinajstić information content (AvgIpc) is 3.39. The van der Waals surface area contributed by atoms with Gasteiger partial charge in [0, 0.05) is 40.0 Å². The molecule has 7 aromatic rings. The SMILES string of the molecule is c1ccc(N(c2ccccc2)c2ccc3c(c2)Oc2ccccc2N3c2ccc3c(c2)oc2ccccc23)cc1. The highest BCUT2D eigenvalue weighted by Crippen LogP contribution is 2.52. The summed E-state index contributed by atoms with van der Waals surface area (Å²) in [6, 6.07) is 50.0. The minimum absolute atomic E-state index is 0.790. The van der Waals surface area contributed by atoms with Gasteiger partial charge in [0.05, 0.1) is 17.1 Å². The molecule has 1 aromatic heterocycles. The predicted molar refractivity (Wildman–Crippen MR) is 163 cm³/mol. The number of para-hydroxylation sites is 5. The van der Waals surface area contributed by atoms with Gasteiger partial charge in [0.25, 0.3) is 0 Å². The minimum Gasteiger partial charge on any atom is -0.456 e. The first-order valence-electron chi connectivity index (χ1n) is 13.4. The molecule has 0 amide bonds. The molecule has 0 bridgehead atoms. The van der Waals surface area contributed by atoms with Crippen molar-refractivity contribution in [3.63, 3.8) is 0 Å². The zero-order valence-electron chi connectivity index (χ0n) is 21.6. The van der Waals surface area contributed by atoms with Crippen LogP contribution in [-0.4, -0.2) is 0 Å². The fraction of sp³-hybridized carbons (Fsp3) is 0. The van der Waals surface area contributed by atoms with Crippen molar-refractivity contribution in [2.45, 2.75) is 0 Å². The standard InChI is InChI=1S/C36H24N2O2/c1-3-11-25(12-4-1)37(26-13-5-2-6-14-26)27-20-22-32-36(24-27)40-34-18-10-8-16-31(34)38(32)28-19-21-30-29-15-7-9-17-33(29)39-35(30)23-28/h1-24H. The van der Waals surface area contributed by atoms with Crippen LogP contribution in [0.2, 0.25) is 0 Å². The van der Waals surface area contributed by atoms with Crippen LogP contribution >= 0.6 is 0 Å². The number of hydrogen-bond acceptors (Lipinski definition) is 4. The minimum atomic E-state index is 0.790. The van der Waals surface area contributed by atoms with E-state index < -0.39 is 0 Å². The molecule has 0 aliphatic carbocycles. The molecule has 190 valence electrons. The van der Waals surface area contributed by atoms with E-state index >= 15 is 0 Å². The lowest BCUT2D eigenvalue weighted by Gasteiger charge is -2.34. The molecule has 4 heteroatoms. The lowest BCUT2D eigenvalue weighted by molar-refractivity contribution is 0.477. The van der Waals surface area contributed by atoms with Crippen molar-refractivity contribution in [1.82, 2.24) is 0 Å². The first-order valence-corrected chi connectivity index (χ1v) is 13.4. The first-order chi connectivity index (χ1) is 19.8. The van der Waals surface area contributed by atoms with Gasteiger partial charge in [0.1, 0.15) is 11.2 Å². The number of fused-ring (bicyclic) bond motifs is 5. The van der Waals surface area contributed by atoms with Crippen molar-refractivity contribution in [3.8, 4) is 11.5 Å². The molecule has 0 saturated carbocycles. The van der Waals surface area contributed by atoms with Crippen LogP contribution in [0, 0.1) is 0 Å². The number of anilines is 6. The van der Waals surface area contributed by atoms with Crippen LogP contribution in [0.3, 0.4) is 0 Å². The van der Waals surface area contributed by atoms with Gasteiger partial charge >= 0.3 is 0 Å². The number of hydrogen-bond donors (Lipinski definition) is 0. The van der Waals surface area contributed by atoms with E-state index in [4.69, 9.17) is 9.15 Å². The summed E-state index contributed by atoms with van der Waals surface area (Å²) in [7, 11) is 0. The van der Waals surface area contributed by atoms with Gasteiger partial charge in [-0.2, -0.15) is 0 Å². The fourth-order valence-electron chi connectivity index (χ4n) is 5.62. The van der Waals surface area contributed by atoms with Crippen molar-refractivity contribution in [2.24, 2.45) is 0 Å². The number of nitrogens with zero attached hydrogens (tertiary/aromatic N) is 2. The summed E-state index contributed by atoms with van der Waals surface area (Å²) in [6.45, 7) is 0. The zero-order chi connectivity index (χ0) is 26.5. The molecular formula is C36H24N2O2. The van der Waals surface area contributed by atoms with Crippen molar-refractivity contribution >= 4 is 56.1 Å². The van der Waals surface area contributed by atoms with Gasteiger partial charge in [-0.3, -0.25) is 0 Å². The second-order valence-corrected chi connectivity index (χ2v) is 9.84. The first kappa shape index (κ1) is 22.5. The molecule has 0 saturated heterocycles. The van der Waals surface area contributed by atoms with Crippen LogP contribution in [0.15, 0.2) is 150 Å². The van der Waals surface area contributed by atoms with Crippen LogP contribution < -0.4 is 14.5 Å². The summed E-state index contributed by atoms with van der Waals surface area (Å²) < 4.78 is 12.8. The maximum atomic E-state index is 6.54. The summed E-state index contributed by atoms with van der Waals surface area (Å²) in [5.74, 6) is 1.60. The van der Waals surface area contributed by atoms with Gasteiger partial charge in [-0.15, -0.1) is 0 Å². The monoisotopic (exact) mass is 516 g/mol. The van der Waals surface area contributed by atoms with E-state index in [1.165, 1.54) is 0 Å². The number of furan rings is 1. The third kappa shape index (κ3) is 3.62. The number of benzene rings is 6. The molecule has 0 fully saturated rings. The summed E-state index contributed by atoms with van der Waals surface area (Å²) in [5, 5.41) is 2.23. The van der Waals surface area contributed by atoms with Crippen molar-refractivity contribution in [1.29, 1.82) is 0 Å². The fourth-order valence-corrected chi connectivity index (χ4v) is 5.62. The molecular weight excluding hydrogens is 492 g/mol. The summed E-state index contributed by atoms with van der Waals surface area (Å²) in [4.78, 5) is 4.49. The summed E-state index contributed by atoms with van der Waals surface area (Å²) >= 11 is 0. The molecule has 1 aliphatic heterocycles. The molecule has 40 heavy (non-hydrogen) atoms. The third-order valence-corrected chi connectivity index (χ3v) is 7.42. The lowest BCUT2D eigenvalue weighted by Crippen LogP contribution is -2.16. The van der Waals surface area contributed by atoms with Gasteiger partial charge < -0.3 is 19.0 Å². The van der Waals surface area contributed by atoms with Gasteiger partial charge in [-0.1, -0.05) is 66.7 Å². The van der Waals surface area contributed by atoms with Crippen LogP contribution in [0.4, 0.5) is 34.1 Å². The molecule has 0 radical (unpaired) electrons. The normalized spacial score (nSPS) is 12.2. The van der Waals surface area contributed by atoms with E-state index in [-0.39, 0.29) is 0 Å². The maximum Gasteiger partial charge on any atom is 0.153 e. The maximum absolute atomic E-state index is 6.54. The average molecular weight is 517 g/mol. The Bertz CT molecular complexity index is 1960. The van der Waals surface area contributed by atoms with Crippen molar-refractivity contribution in [3.05, 3.63) is 146 Å². The smallest absolute Gasteiger partial charge is 0.153 e. The Kier molecular flexibility index (Phi) is 5.10. The van der Waals surface area contributed by atoms with E-state index in [2.05, 4.69) is 107 Å². The molecule has 2 heterocycles. The van der Waals surface area contributed by atoms with Crippen LogP contribution in [0.1, 0.15) is 0 Å². The van der Waals surface area contributed by atoms with Crippen LogP contribution in [0.25, 0.3) is 21.9 Å².